The molecule has 0 saturated carbocycles. The van der Waals surface area contributed by atoms with Crippen molar-refractivity contribution < 1.29 is 14.3 Å². The van der Waals surface area contributed by atoms with Crippen molar-refractivity contribution in [2.24, 2.45) is 0 Å². The Bertz CT molecular complexity index is 493. The average Bonchev–Trinajstić information content (AvgIpc) is 2.49. The van der Waals surface area contributed by atoms with Crippen molar-refractivity contribution in [2.45, 2.75) is 6.04 Å². The van der Waals surface area contributed by atoms with Crippen molar-refractivity contribution in [1.82, 2.24) is 5.32 Å². The number of hydrogen-bond acceptors (Lipinski definition) is 5. The molecule has 0 aliphatic carbocycles. The van der Waals surface area contributed by atoms with Crippen LogP contribution in [-0.4, -0.2) is 44.2 Å². The van der Waals surface area contributed by atoms with E-state index < -0.39 is 0 Å². The quantitative estimate of drug-likeness (QED) is 0.890. The summed E-state index contributed by atoms with van der Waals surface area (Å²) >= 11 is 7.90. The van der Waals surface area contributed by atoms with Gasteiger partial charge in [0.1, 0.15) is 0 Å². The van der Waals surface area contributed by atoms with Gasteiger partial charge in [0.05, 0.1) is 31.0 Å². The molecule has 110 valence electrons. The van der Waals surface area contributed by atoms with Crippen LogP contribution in [0.1, 0.15) is 0 Å². The van der Waals surface area contributed by atoms with Gasteiger partial charge in [-0.25, -0.2) is 0 Å². The zero-order chi connectivity index (χ0) is 14.5. The molecule has 1 unspecified atom stereocenters. The fourth-order valence-corrected chi connectivity index (χ4v) is 3.04. The van der Waals surface area contributed by atoms with Crippen LogP contribution >= 0.6 is 23.4 Å². The van der Waals surface area contributed by atoms with Crippen molar-refractivity contribution in [3.8, 4) is 11.5 Å². The van der Waals surface area contributed by atoms with Gasteiger partial charge in [-0.1, -0.05) is 11.6 Å². The number of amides is 1. The van der Waals surface area contributed by atoms with Crippen LogP contribution in [0.4, 0.5) is 5.69 Å². The normalized spacial score (nSPS) is 18.4. The predicted octanol–water partition coefficient (Wildman–Crippen LogP) is 2.00. The molecule has 1 atom stereocenters. The molecule has 0 spiro atoms. The number of carbonyl (C=O) groups is 1. The summed E-state index contributed by atoms with van der Waals surface area (Å²) in [5, 5.41) is 6.42. The first-order valence-corrected chi connectivity index (χ1v) is 7.72. The molecule has 0 bridgehead atoms. The van der Waals surface area contributed by atoms with E-state index in [9.17, 15) is 4.79 Å². The van der Waals surface area contributed by atoms with Gasteiger partial charge in [-0.15, -0.1) is 0 Å². The zero-order valence-electron chi connectivity index (χ0n) is 11.4. The highest BCUT2D eigenvalue weighted by Crippen LogP contribution is 2.36. The number of nitrogens with one attached hydrogen (secondary N) is 2. The number of benzene rings is 1. The minimum atomic E-state index is -0.196. The van der Waals surface area contributed by atoms with Crippen LogP contribution in [0, 0.1) is 0 Å². The number of methoxy groups -OCH3 is 2. The molecule has 2 N–H and O–H groups in total. The molecule has 1 aliphatic heterocycles. The minimum Gasteiger partial charge on any atom is -0.493 e. The van der Waals surface area contributed by atoms with Crippen molar-refractivity contribution in [1.29, 1.82) is 0 Å². The Labute approximate surface area is 127 Å². The Morgan fingerprint density at radius 3 is 2.70 bits per heavy atom. The van der Waals surface area contributed by atoms with Gasteiger partial charge in [0.25, 0.3) is 0 Å². The number of carbonyl (C=O) groups excluding carboxylic acids is 1. The summed E-state index contributed by atoms with van der Waals surface area (Å²) in [6.07, 6.45) is 0. The summed E-state index contributed by atoms with van der Waals surface area (Å²) in [6.45, 7) is 0.836. The maximum Gasteiger partial charge on any atom is 0.242 e. The van der Waals surface area contributed by atoms with E-state index in [0.29, 0.717) is 22.2 Å². The van der Waals surface area contributed by atoms with Crippen molar-refractivity contribution in [2.75, 3.05) is 37.6 Å². The first-order chi connectivity index (χ1) is 9.65. The molecule has 1 aliphatic rings. The van der Waals surface area contributed by atoms with E-state index in [4.69, 9.17) is 21.1 Å². The van der Waals surface area contributed by atoms with Gasteiger partial charge >= 0.3 is 0 Å². The van der Waals surface area contributed by atoms with Crippen LogP contribution in [0.5, 0.6) is 11.5 Å². The van der Waals surface area contributed by atoms with Crippen LogP contribution in [0.15, 0.2) is 12.1 Å². The lowest BCUT2D eigenvalue weighted by atomic mass is 10.2. The van der Waals surface area contributed by atoms with Gasteiger partial charge in [-0.2, -0.15) is 11.8 Å². The third-order valence-corrected chi connectivity index (χ3v) is 4.34. The Morgan fingerprint density at radius 1 is 1.40 bits per heavy atom. The van der Waals surface area contributed by atoms with Crippen LogP contribution in [0.3, 0.4) is 0 Å². The molecule has 1 heterocycles. The summed E-state index contributed by atoms with van der Waals surface area (Å²) in [5.41, 5.74) is 0.520. The standard InChI is InChI=1S/C13H17ClN2O3S/c1-18-11-5-8(14)9(6-12(11)19-2)16-13(17)10-7-20-4-3-15-10/h5-6,10,15H,3-4,7H2,1-2H3,(H,16,17). The molecule has 20 heavy (non-hydrogen) atoms. The largest absolute Gasteiger partial charge is 0.493 e. The summed E-state index contributed by atoms with van der Waals surface area (Å²) in [4.78, 5) is 12.2. The lowest BCUT2D eigenvalue weighted by Gasteiger charge is -2.22. The van der Waals surface area contributed by atoms with E-state index in [1.807, 2.05) is 0 Å². The number of ether oxygens (including phenoxy) is 2. The number of halogens is 1. The number of anilines is 1. The lowest BCUT2D eigenvalue weighted by Crippen LogP contribution is -2.46. The molecule has 1 saturated heterocycles. The highest BCUT2D eigenvalue weighted by atomic mass is 35.5. The van der Waals surface area contributed by atoms with Gasteiger partial charge in [-0.05, 0) is 0 Å². The Kier molecular flexibility index (Phi) is 5.39. The van der Waals surface area contributed by atoms with Crippen LogP contribution in [0.25, 0.3) is 0 Å². The molecule has 0 aromatic heterocycles. The second kappa shape index (κ2) is 7.06. The summed E-state index contributed by atoms with van der Waals surface area (Å²) < 4.78 is 10.4. The van der Waals surface area contributed by atoms with E-state index in [1.54, 1.807) is 23.9 Å². The molecular formula is C13H17ClN2O3S. The van der Waals surface area contributed by atoms with Gasteiger partial charge in [-0.3, -0.25) is 4.79 Å². The first-order valence-electron chi connectivity index (χ1n) is 6.19. The van der Waals surface area contributed by atoms with E-state index in [1.165, 1.54) is 14.2 Å². The number of hydrogen-bond donors (Lipinski definition) is 2. The molecule has 7 heteroatoms. The first kappa shape index (κ1) is 15.3. The smallest absolute Gasteiger partial charge is 0.242 e. The topological polar surface area (TPSA) is 59.6 Å². The number of rotatable bonds is 4. The van der Waals surface area contributed by atoms with Crippen molar-refractivity contribution in [3.05, 3.63) is 17.2 Å². The van der Waals surface area contributed by atoms with Gasteiger partial charge < -0.3 is 20.1 Å². The van der Waals surface area contributed by atoms with Gasteiger partial charge in [0.2, 0.25) is 5.91 Å². The summed E-state index contributed by atoms with van der Waals surface area (Å²) in [6, 6.07) is 3.09. The molecule has 1 amide bonds. The highest BCUT2D eigenvalue weighted by Gasteiger charge is 2.22. The van der Waals surface area contributed by atoms with Crippen LogP contribution in [0.2, 0.25) is 5.02 Å². The summed E-state index contributed by atoms with van der Waals surface area (Å²) in [7, 11) is 3.08. The lowest BCUT2D eigenvalue weighted by molar-refractivity contribution is -0.117. The molecule has 1 fully saturated rings. The molecule has 1 aromatic carbocycles. The fraction of sp³-hybridized carbons (Fsp3) is 0.462. The maximum absolute atomic E-state index is 12.2. The van der Waals surface area contributed by atoms with Crippen molar-refractivity contribution in [3.63, 3.8) is 0 Å². The van der Waals surface area contributed by atoms with Crippen LogP contribution in [-0.2, 0) is 4.79 Å². The van der Waals surface area contributed by atoms with E-state index >= 15 is 0 Å². The Balaban J connectivity index is 2.13. The molecule has 1 aromatic rings. The highest BCUT2D eigenvalue weighted by molar-refractivity contribution is 7.99. The molecule has 2 rings (SSSR count). The average molecular weight is 317 g/mol. The second-order valence-corrected chi connectivity index (χ2v) is 5.81. The van der Waals surface area contributed by atoms with E-state index in [0.717, 1.165) is 18.1 Å². The van der Waals surface area contributed by atoms with Gasteiger partial charge in [0.15, 0.2) is 11.5 Å². The predicted molar refractivity (Wildman–Crippen MR) is 82.3 cm³/mol. The third-order valence-electron chi connectivity index (χ3n) is 2.97. The molecule has 5 nitrogen and oxygen atoms in total. The monoisotopic (exact) mass is 316 g/mol. The summed E-state index contributed by atoms with van der Waals surface area (Å²) in [5.74, 6) is 2.75. The van der Waals surface area contributed by atoms with E-state index in [-0.39, 0.29) is 11.9 Å². The number of thioether (sulfide) groups is 1. The maximum atomic E-state index is 12.2. The molecular weight excluding hydrogens is 300 g/mol. The SMILES string of the molecule is COc1cc(Cl)c(NC(=O)C2CSCCN2)cc1OC. The third kappa shape index (κ3) is 3.50. The fourth-order valence-electron chi connectivity index (χ4n) is 1.90. The Hall–Kier alpha value is -1.11. The second-order valence-electron chi connectivity index (χ2n) is 4.26. The van der Waals surface area contributed by atoms with Crippen LogP contribution < -0.4 is 20.1 Å². The zero-order valence-corrected chi connectivity index (χ0v) is 12.9. The van der Waals surface area contributed by atoms with E-state index in [2.05, 4.69) is 10.6 Å². The molecule has 0 radical (unpaired) electrons. The Morgan fingerprint density at radius 2 is 2.10 bits per heavy atom. The van der Waals surface area contributed by atoms with Gasteiger partial charge in [0, 0.05) is 30.2 Å². The van der Waals surface area contributed by atoms with Crippen molar-refractivity contribution >= 4 is 35.0 Å². The minimum absolute atomic E-state index is 0.0914.